The van der Waals surface area contributed by atoms with Gasteiger partial charge in [0.25, 0.3) is 0 Å². The quantitative estimate of drug-likeness (QED) is 0.214. The number of halogens is 3. The minimum atomic E-state index is 0. The molecule has 34 heavy (non-hydrogen) atoms. The summed E-state index contributed by atoms with van der Waals surface area (Å²) in [5, 5.41) is 7.38. The maximum absolute atomic E-state index is 6.14. The molecule has 0 aliphatic heterocycles. The third-order valence-corrected chi connectivity index (χ3v) is 8.48. The van der Waals surface area contributed by atoms with Gasteiger partial charge in [0.05, 0.1) is 32.5 Å². The molecule has 0 aliphatic rings. The number of nitrogens with zero attached hydrogens (tertiary/aromatic N) is 4. The Kier molecular flexibility index (Phi) is 9.95. The van der Waals surface area contributed by atoms with Crippen molar-refractivity contribution in [3.8, 4) is 0 Å². The van der Waals surface area contributed by atoms with Gasteiger partial charge in [0.15, 0.2) is 0 Å². The first-order valence-corrected chi connectivity index (χ1v) is 13.4. The van der Waals surface area contributed by atoms with Crippen LogP contribution in [0, 0.1) is 0 Å². The largest absolute Gasteiger partial charge is 0.317 e. The van der Waals surface area contributed by atoms with Gasteiger partial charge in [0.1, 0.15) is 10.0 Å². The zero-order chi connectivity index (χ0) is 23.5. The van der Waals surface area contributed by atoms with Crippen LogP contribution in [-0.2, 0) is 0 Å². The van der Waals surface area contributed by atoms with E-state index in [1.165, 1.54) is 9.40 Å². The van der Waals surface area contributed by atoms with Crippen molar-refractivity contribution in [2.45, 2.75) is 24.9 Å². The number of hydrogen-bond donors (Lipinski definition) is 1. The van der Waals surface area contributed by atoms with Crippen molar-refractivity contribution in [1.29, 1.82) is 0 Å². The second kappa shape index (κ2) is 12.3. The number of nitrogens with one attached hydrogen (secondary N) is 1. The van der Waals surface area contributed by atoms with Gasteiger partial charge in [-0.25, -0.2) is 9.97 Å². The highest BCUT2D eigenvalue weighted by Gasteiger charge is 2.20. The van der Waals surface area contributed by atoms with E-state index in [1.54, 1.807) is 22.7 Å². The molecule has 0 saturated heterocycles. The Labute approximate surface area is 225 Å². The van der Waals surface area contributed by atoms with Crippen LogP contribution in [0.15, 0.2) is 36.4 Å². The van der Waals surface area contributed by atoms with E-state index in [0.717, 1.165) is 57.0 Å². The molecule has 0 bridgehead atoms. The highest BCUT2D eigenvalue weighted by atomic mass is 35.5. The molecule has 2 heterocycles. The van der Waals surface area contributed by atoms with E-state index >= 15 is 0 Å². The predicted octanol–water partition coefficient (Wildman–Crippen LogP) is 6.91. The van der Waals surface area contributed by atoms with Crippen LogP contribution in [0.4, 0.5) is 0 Å². The van der Waals surface area contributed by atoms with E-state index in [2.05, 4.69) is 55.4 Å². The standard InChI is InChI=1S/C24H29Cl2N5S2.ClH/c1-30(2)19(23-28-17-13-15(25)5-7-21(17)32-23)9-11-27-12-10-20(31(3)4)24-29-18-14-16(26)6-8-22(18)33-24;/h5-8,13-14,19-20,27H,9-12H2,1-4H3;1H. The molecule has 0 fully saturated rings. The molecule has 5 nitrogen and oxygen atoms in total. The summed E-state index contributed by atoms with van der Waals surface area (Å²) in [6.45, 7) is 1.85. The van der Waals surface area contributed by atoms with Crippen LogP contribution >= 0.6 is 58.3 Å². The van der Waals surface area contributed by atoms with E-state index in [9.17, 15) is 0 Å². The molecule has 0 aliphatic carbocycles. The van der Waals surface area contributed by atoms with Crippen LogP contribution in [0.2, 0.25) is 10.0 Å². The Hall–Kier alpha value is -1.03. The Bertz CT molecular complexity index is 1130. The van der Waals surface area contributed by atoms with E-state index in [1.807, 2.05) is 24.3 Å². The molecule has 4 aromatic rings. The van der Waals surface area contributed by atoms with E-state index in [0.29, 0.717) is 0 Å². The van der Waals surface area contributed by atoms with Crippen molar-refractivity contribution in [3.05, 3.63) is 56.5 Å². The van der Waals surface area contributed by atoms with Gasteiger partial charge in [0.2, 0.25) is 0 Å². The summed E-state index contributed by atoms with van der Waals surface area (Å²) in [6, 6.07) is 12.4. The van der Waals surface area contributed by atoms with Crippen molar-refractivity contribution < 1.29 is 0 Å². The van der Waals surface area contributed by atoms with Gasteiger partial charge in [-0.05, 0) is 90.5 Å². The Morgan fingerprint density at radius 1 is 0.765 bits per heavy atom. The first-order valence-electron chi connectivity index (χ1n) is 11.0. The smallest absolute Gasteiger partial charge is 0.111 e. The zero-order valence-electron chi connectivity index (χ0n) is 19.7. The molecule has 2 aromatic carbocycles. The first-order chi connectivity index (χ1) is 15.8. The lowest BCUT2D eigenvalue weighted by Gasteiger charge is -2.24. The van der Waals surface area contributed by atoms with E-state index in [-0.39, 0.29) is 24.5 Å². The Balaban J connectivity index is 0.00000324. The van der Waals surface area contributed by atoms with Crippen molar-refractivity contribution in [2.24, 2.45) is 0 Å². The first kappa shape index (κ1) is 27.6. The fourth-order valence-corrected chi connectivity index (χ4v) is 6.62. The maximum atomic E-state index is 6.14. The summed E-state index contributed by atoms with van der Waals surface area (Å²) < 4.78 is 2.36. The van der Waals surface area contributed by atoms with Crippen LogP contribution in [-0.4, -0.2) is 61.0 Å². The summed E-state index contributed by atoms with van der Waals surface area (Å²) in [4.78, 5) is 14.2. The van der Waals surface area contributed by atoms with E-state index in [4.69, 9.17) is 33.2 Å². The van der Waals surface area contributed by atoms with Crippen molar-refractivity contribution in [3.63, 3.8) is 0 Å². The summed E-state index contributed by atoms with van der Waals surface area (Å²) in [5.41, 5.74) is 1.96. The lowest BCUT2D eigenvalue weighted by atomic mass is 10.1. The van der Waals surface area contributed by atoms with Gasteiger partial charge in [-0.2, -0.15) is 0 Å². The molecule has 0 radical (unpaired) electrons. The van der Waals surface area contributed by atoms with Gasteiger partial charge >= 0.3 is 0 Å². The van der Waals surface area contributed by atoms with Crippen molar-refractivity contribution in [1.82, 2.24) is 25.1 Å². The number of rotatable bonds is 10. The zero-order valence-corrected chi connectivity index (χ0v) is 23.7. The molecule has 2 atom stereocenters. The molecule has 0 amide bonds. The number of benzene rings is 2. The summed E-state index contributed by atoms with van der Waals surface area (Å²) >= 11 is 15.8. The van der Waals surface area contributed by atoms with Crippen LogP contribution in [0.5, 0.6) is 0 Å². The monoisotopic (exact) mass is 557 g/mol. The topological polar surface area (TPSA) is 44.3 Å². The molecule has 184 valence electrons. The Morgan fingerprint density at radius 2 is 1.18 bits per heavy atom. The molecule has 1 N–H and O–H groups in total. The SMILES string of the molecule is CN(C)C(CCNCCC(c1nc2cc(Cl)ccc2s1)N(C)C)c1nc2cc(Cl)ccc2s1.Cl. The summed E-state index contributed by atoms with van der Waals surface area (Å²) in [7, 11) is 8.46. The van der Waals surface area contributed by atoms with Crippen molar-refractivity contribution in [2.75, 3.05) is 41.3 Å². The lowest BCUT2D eigenvalue weighted by molar-refractivity contribution is 0.268. The van der Waals surface area contributed by atoms with Crippen LogP contribution in [0.3, 0.4) is 0 Å². The molecule has 10 heteroatoms. The normalized spacial score (nSPS) is 13.6. The predicted molar refractivity (Wildman–Crippen MR) is 151 cm³/mol. The fourth-order valence-electron chi connectivity index (χ4n) is 3.93. The highest BCUT2D eigenvalue weighted by molar-refractivity contribution is 7.19. The maximum Gasteiger partial charge on any atom is 0.111 e. The molecule has 2 unspecified atom stereocenters. The van der Waals surface area contributed by atoms with Gasteiger partial charge in [-0.15, -0.1) is 35.1 Å². The molecular weight excluding hydrogens is 529 g/mol. The highest BCUT2D eigenvalue weighted by Crippen LogP contribution is 2.33. The van der Waals surface area contributed by atoms with E-state index < -0.39 is 0 Å². The van der Waals surface area contributed by atoms with Crippen LogP contribution in [0.25, 0.3) is 20.4 Å². The van der Waals surface area contributed by atoms with Gasteiger partial charge in [-0.3, -0.25) is 0 Å². The fraction of sp³-hybridized carbons (Fsp3) is 0.417. The average Bonchev–Trinajstić information content (AvgIpc) is 3.35. The molecular formula is C24H30Cl3N5S2. The lowest BCUT2D eigenvalue weighted by Crippen LogP contribution is -2.28. The number of fused-ring (bicyclic) bond motifs is 2. The third kappa shape index (κ3) is 6.59. The summed E-state index contributed by atoms with van der Waals surface area (Å²) in [6.07, 6.45) is 1.99. The van der Waals surface area contributed by atoms with Crippen LogP contribution < -0.4 is 5.32 Å². The van der Waals surface area contributed by atoms with Gasteiger partial charge in [-0.1, -0.05) is 23.2 Å². The minimum Gasteiger partial charge on any atom is -0.317 e. The Morgan fingerprint density at radius 3 is 1.56 bits per heavy atom. The minimum absolute atomic E-state index is 0. The summed E-state index contributed by atoms with van der Waals surface area (Å²) in [5.74, 6) is 0. The third-order valence-electron chi connectivity index (χ3n) is 5.74. The van der Waals surface area contributed by atoms with Crippen molar-refractivity contribution >= 4 is 78.7 Å². The number of hydrogen-bond acceptors (Lipinski definition) is 7. The molecule has 0 saturated carbocycles. The van der Waals surface area contributed by atoms with Gasteiger partial charge in [0, 0.05) is 10.0 Å². The van der Waals surface area contributed by atoms with Crippen LogP contribution in [0.1, 0.15) is 34.9 Å². The number of thiazole rings is 2. The number of aromatic nitrogens is 2. The van der Waals surface area contributed by atoms with Gasteiger partial charge < -0.3 is 15.1 Å². The molecule has 2 aromatic heterocycles. The molecule has 4 rings (SSSR count). The second-order valence-corrected chi connectivity index (χ2v) is 11.6. The second-order valence-electron chi connectivity index (χ2n) is 8.61. The molecule has 0 spiro atoms. The average molecular weight is 559 g/mol.